The van der Waals surface area contributed by atoms with Crippen LogP contribution in [-0.4, -0.2) is 15.2 Å². The quantitative estimate of drug-likeness (QED) is 0.662. The SMILES string of the molecule is OCc1ccc2c(O)occ2n1. The number of furan rings is 1. The average Bonchev–Trinajstić information content (AvgIpc) is 2.47. The van der Waals surface area contributed by atoms with Crippen LogP contribution < -0.4 is 0 Å². The Balaban J connectivity index is 2.69. The molecule has 0 unspecified atom stereocenters. The van der Waals surface area contributed by atoms with E-state index in [1.165, 1.54) is 6.26 Å². The number of hydrogen-bond acceptors (Lipinski definition) is 4. The van der Waals surface area contributed by atoms with Gasteiger partial charge in [-0.05, 0) is 12.1 Å². The van der Waals surface area contributed by atoms with Crippen LogP contribution >= 0.6 is 0 Å². The molecule has 0 aliphatic heterocycles. The Bertz CT molecular complexity index is 408. The summed E-state index contributed by atoms with van der Waals surface area (Å²) in [6, 6.07) is 3.30. The lowest BCUT2D eigenvalue weighted by Crippen LogP contribution is -1.86. The molecule has 2 heterocycles. The summed E-state index contributed by atoms with van der Waals surface area (Å²) >= 11 is 0. The number of aromatic hydroxyl groups is 1. The molecule has 62 valence electrons. The van der Waals surface area contributed by atoms with Crippen molar-refractivity contribution in [3.63, 3.8) is 0 Å². The molecule has 2 N–H and O–H groups in total. The van der Waals surface area contributed by atoms with Crippen molar-refractivity contribution in [2.24, 2.45) is 0 Å². The van der Waals surface area contributed by atoms with E-state index >= 15 is 0 Å². The highest BCUT2D eigenvalue weighted by Crippen LogP contribution is 2.24. The molecule has 0 saturated carbocycles. The van der Waals surface area contributed by atoms with Gasteiger partial charge in [0.15, 0.2) is 0 Å². The fourth-order valence-corrected chi connectivity index (χ4v) is 1.05. The molecule has 4 nitrogen and oxygen atoms in total. The van der Waals surface area contributed by atoms with Crippen LogP contribution in [0, 0.1) is 0 Å². The van der Waals surface area contributed by atoms with E-state index in [1.807, 2.05) is 0 Å². The zero-order valence-corrected chi connectivity index (χ0v) is 6.19. The normalized spacial score (nSPS) is 10.8. The van der Waals surface area contributed by atoms with Gasteiger partial charge in [-0.3, -0.25) is 0 Å². The van der Waals surface area contributed by atoms with Crippen LogP contribution in [0.5, 0.6) is 5.95 Å². The van der Waals surface area contributed by atoms with Gasteiger partial charge in [0.25, 0.3) is 5.95 Å². The van der Waals surface area contributed by atoms with E-state index in [0.717, 1.165) is 0 Å². The molecule has 2 aromatic heterocycles. The van der Waals surface area contributed by atoms with Crippen LogP contribution in [0.15, 0.2) is 22.8 Å². The van der Waals surface area contributed by atoms with Crippen LogP contribution in [0.25, 0.3) is 10.9 Å². The average molecular weight is 165 g/mol. The van der Waals surface area contributed by atoms with Crippen LogP contribution in [-0.2, 0) is 6.61 Å². The largest absolute Gasteiger partial charge is 0.480 e. The molecule has 2 aromatic rings. The molecule has 0 aliphatic rings. The second-order valence-corrected chi connectivity index (χ2v) is 2.43. The van der Waals surface area contributed by atoms with E-state index in [9.17, 15) is 0 Å². The van der Waals surface area contributed by atoms with E-state index < -0.39 is 0 Å². The molecule has 4 heteroatoms. The van der Waals surface area contributed by atoms with Crippen LogP contribution in [0.1, 0.15) is 5.69 Å². The van der Waals surface area contributed by atoms with Gasteiger partial charge in [0, 0.05) is 0 Å². The van der Waals surface area contributed by atoms with Gasteiger partial charge in [0.2, 0.25) is 0 Å². The van der Waals surface area contributed by atoms with Crippen molar-refractivity contribution in [1.29, 1.82) is 0 Å². The fourth-order valence-electron chi connectivity index (χ4n) is 1.05. The monoisotopic (exact) mass is 165 g/mol. The minimum absolute atomic E-state index is 0.109. The highest BCUT2D eigenvalue weighted by atomic mass is 16.5. The van der Waals surface area contributed by atoms with E-state index in [2.05, 4.69) is 4.98 Å². The molecule has 0 aliphatic carbocycles. The molecular weight excluding hydrogens is 158 g/mol. The zero-order chi connectivity index (χ0) is 8.55. The minimum Gasteiger partial charge on any atom is -0.480 e. The summed E-state index contributed by atoms with van der Waals surface area (Å²) in [5, 5.41) is 18.4. The Morgan fingerprint density at radius 2 is 2.25 bits per heavy atom. The van der Waals surface area contributed by atoms with Gasteiger partial charge in [-0.25, -0.2) is 4.98 Å². The van der Waals surface area contributed by atoms with Crippen molar-refractivity contribution in [2.75, 3.05) is 0 Å². The molecule has 0 radical (unpaired) electrons. The van der Waals surface area contributed by atoms with E-state index in [0.29, 0.717) is 16.6 Å². The Kier molecular flexibility index (Phi) is 1.48. The third kappa shape index (κ3) is 0.931. The van der Waals surface area contributed by atoms with E-state index in [-0.39, 0.29) is 12.6 Å². The summed E-state index contributed by atoms with van der Waals surface area (Å²) in [4.78, 5) is 4.01. The van der Waals surface area contributed by atoms with Crippen molar-refractivity contribution >= 4 is 10.9 Å². The second-order valence-electron chi connectivity index (χ2n) is 2.43. The predicted molar refractivity (Wildman–Crippen MR) is 41.6 cm³/mol. The van der Waals surface area contributed by atoms with Crippen molar-refractivity contribution in [3.8, 4) is 5.95 Å². The van der Waals surface area contributed by atoms with E-state index in [1.54, 1.807) is 12.1 Å². The van der Waals surface area contributed by atoms with Crippen molar-refractivity contribution < 1.29 is 14.6 Å². The number of pyridine rings is 1. The number of fused-ring (bicyclic) bond motifs is 1. The van der Waals surface area contributed by atoms with Gasteiger partial charge in [-0.2, -0.15) is 0 Å². The van der Waals surface area contributed by atoms with Crippen molar-refractivity contribution in [2.45, 2.75) is 6.61 Å². The molecule has 0 aromatic carbocycles. The number of aliphatic hydroxyl groups excluding tert-OH is 1. The molecular formula is C8H7NO3. The number of nitrogens with zero attached hydrogens (tertiary/aromatic N) is 1. The van der Waals surface area contributed by atoms with Gasteiger partial charge in [0.05, 0.1) is 17.7 Å². The summed E-state index contributed by atoms with van der Waals surface area (Å²) in [6.45, 7) is -0.109. The summed E-state index contributed by atoms with van der Waals surface area (Å²) in [6.07, 6.45) is 1.35. The molecule has 2 rings (SSSR count). The molecule has 0 atom stereocenters. The van der Waals surface area contributed by atoms with Crippen LogP contribution in [0.4, 0.5) is 0 Å². The highest BCUT2D eigenvalue weighted by Gasteiger charge is 2.05. The maximum absolute atomic E-state index is 9.11. The lowest BCUT2D eigenvalue weighted by Gasteiger charge is -1.92. The maximum atomic E-state index is 9.11. The van der Waals surface area contributed by atoms with Gasteiger partial charge in [-0.1, -0.05) is 0 Å². The summed E-state index contributed by atoms with van der Waals surface area (Å²) in [7, 11) is 0. The maximum Gasteiger partial charge on any atom is 0.291 e. The Morgan fingerprint density at radius 1 is 1.42 bits per heavy atom. The van der Waals surface area contributed by atoms with E-state index in [4.69, 9.17) is 14.6 Å². The number of aromatic nitrogens is 1. The van der Waals surface area contributed by atoms with Gasteiger partial charge in [-0.15, -0.1) is 0 Å². The standard InChI is InChI=1S/C8H7NO3/c10-3-5-1-2-6-7(9-5)4-12-8(6)11/h1-2,4,10-11H,3H2. The third-order valence-corrected chi connectivity index (χ3v) is 1.66. The Labute approximate surface area is 68.1 Å². The lowest BCUT2D eigenvalue weighted by molar-refractivity contribution is 0.277. The molecule has 0 fully saturated rings. The van der Waals surface area contributed by atoms with Gasteiger partial charge >= 0.3 is 0 Å². The highest BCUT2D eigenvalue weighted by molar-refractivity contribution is 5.82. The Morgan fingerprint density at radius 3 is 3.00 bits per heavy atom. The molecule has 0 amide bonds. The first-order valence-electron chi connectivity index (χ1n) is 3.48. The number of hydrogen-bond donors (Lipinski definition) is 2. The molecule has 0 bridgehead atoms. The molecule has 0 spiro atoms. The zero-order valence-electron chi connectivity index (χ0n) is 6.19. The first-order valence-corrected chi connectivity index (χ1v) is 3.48. The molecule has 0 saturated heterocycles. The lowest BCUT2D eigenvalue weighted by atomic mass is 10.3. The molecule has 12 heavy (non-hydrogen) atoms. The summed E-state index contributed by atoms with van der Waals surface area (Å²) in [5.41, 5.74) is 1.11. The van der Waals surface area contributed by atoms with Gasteiger partial charge < -0.3 is 14.6 Å². The fraction of sp³-hybridized carbons (Fsp3) is 0.125. The van der Waals surface area contributed by atoms with Gasteiger partial charge in [0.1, 0.15) is 11.8 Å². The number of aliphatic hydroxyl groups is 1. The van der Waals surface area contributed by atoms with Crippen molar-refractivity contribution in [1.82, 2.24) is 4.98 Å². The first kappa shape index (κ1) is 7.12. The number of rotatable bonds is 1. The van der Waals surface area contributed by atoms with Crippen molar-refractivity contribution in [3.05, 3.63) is 24.1 Å². The minimum atomic E-state index is -0.137. The first-order chi connectivity index (χ1) is 5.81. The Hall–Kier alpha value is -1.55. The van der Waals surface area contributed by atoms with Crippen LogP contribution in [0.2, 0.25) is 0 Å². The smallest absolute Gasteiger partial charge is 0.291 e. The predicted octanol–water partition coefficient (Wildman–Crippen LogP) is 1.03. The third-order valence-electron chi connectivity index (χ3n) is 1.66. The second kappa shape index (κ2) is 2.49. The van der Waals surface area contributed by atoms with Crippen LogP contribution in [0.3, 0.4) is 0 Å². The summed E-state index contributed by atoms with van der Waals surface area (Å²) in [5.74, 6) is -0.137. The summed E-state index contributed by atoms with van der Waals surface area (Å²) < 4.78 is 4.73. The topological polar surface area (TPSA) is 66.5 Å².